The lowest BCUT2D eigenvalue weighted by Gasteiger charge is -2.52. The molecule has 0 aromatic heterocycles. The second-order valence-corrected chi connectivity index (χ2v) is 7.98. The summed E-state index contributed by atoms with van der Waals surface area (Å²) >= 11 is 0. The Hall–Kier alpha value is -1.58. The summed E-state index contributed by atoms with van der Waals surface area (Å²) in [6.07, 6.45) is 5.20. The Morgan fingerprint density at radius 1 is 1.33 bits per heavy atom. The maximum absolute atomic E-state index is 12.2. The smallest absolute Gasteiger partial charge is 0.333 e. The first-order chi connectivity index (χ1) is 11.3. The van der Waals surface area contributed by atoms with Gasteiger partial charge in [-0.3, -0.25) is 4.79 Å². The molecule has 0 amide bonds. The van der Waals surface area contributed by atoms with Crippen molar-refractivity contribution in [2.75, 3.05) is 0 Å². The molecule has 3 aliphatic rings. The standard InChI is InChI=1S/C20H28O4/c1-6-11(2)18(21)23-16-8-7-12(3)20(5)10-14-13(4)19(22)24-17(14)9-15(16)20/h6,12-13,15-16H,7-10H2,1-5H3/b11-6-/t12-,13+,15-,16+,20+/m0/s1. The normalized spacial score (nSPS) is 39.2. The van der Waals surface area contributed by atoms with Crippen LogP contribution in [0.3, 0.4) is 0 Å². The van der Waals surface area contributed by atoms with E-state index in [1.54, 1.807) is 13.0 Å². The number of ether oxygens (including phenoxy) is 2. The Kier molecular flexibility index (Phi) is 4.35. The minimum absolute atomic E-state index is 0.0497. The molecule has 2 aliphatic carbocycles. The third kappa shape index (κ3) is 2.60. The molecule has 0 radical (unpaired) electrons. The molecule has 24 heavy (non-hydrogen) atoms. The summed E-state index contributed by atoms with van der Waals surface area (Å²) in [5.41, 5.74) is 1.86. The summed E-state index contributed by atoms with van der Waals surface area (Å²) in [4.78, 5) is 24.2. The number of rotatable bonds is 2. The van der Waals surface area contributed by atoms with Crippen molar-refractivity contribution in [1.29, 1.82) is 0 Å². The van der Waals surface area contributed by atoms with Crippen molar-refractivity contribution in [2.24, 2.45) is 23.2 Å². The van der Waals surface area contributed by atoms with Crippen LogP contribution in [0.15, 0.2) is 23.0 Å². The van der Waals surface area contributed by atoms with Gasteiger partial charge in [-0.05, 0) is 56.9 Å². The summed E-state index contributed by atoms with van der Waals surface area (Å²) in [7, 11) is 0. The van der Waals surface area contributed by atoms with E-state index in [1.807, 2.05) is 13.8 Å². The Morgan fingerprint density at radius 2 is 2.04 bits per heavy atom. The van der Waals surface area contributed by atoms with Crippen molar-refractivity contribution in [2.45, 2.75) is 66.4 Å². The number of carbonyl (C=O) groups excluding carboxylic acids is 2. The lowest BCUT2D eigenvalue weighted by atomic mass is 9.54. The number of hydrogen-bond acceptors (Lipinski definition) is 4. The average Bonchev–Trinajstić information content (AvgIpc) is 2.82. The van der Waals surface area contributed by atoms with Crippen LogP contribution >= 0.6 is 0 Å². The highest BCUT2D eigenvalue weighted by atomic mass is 16.6. The largest absolute Gasteiger partial charge is 0.459 e. The van der Waals surface area contributed by atoms with Crippen LogP contribution in [0.1, 0.15) is 60.3 Å². The zero-order valence-electron chi connectivity index (χ0n) is 15.3. The zero-order valence-corrected chi connectivity index (χ0v) is 15.3. The average molecular weight is 332 g/mol. The van der Waals surface area contributed by atoms with Crippen LogP contribution < -0.4 is 0 Å². The SMILES string of the molecule is C/C=C(/C)C(=O)O[C@@H]1CC[C@H](C)[C@@]2(C)CC3=C(C[C@@H]12)OC(=O)[C@@H]3C. The topological polar surface area (TPSA) is 52.6 Å². The van der Waals surface area contributed by atoms with E-state index in [4.69, 9.17) is 9.47 Å². The molecular weight excluding hydrogens is 304 g/mol. The van der Waals surface area contributed by atoms with Crippen molar-refractivity contribution >= 4 is 11.9 Å². The van der Waals surface area contributed by atoms with Crippen molar-refractivity contribution < 1.29 is 19.1 Å². The van der Waals surface area contributed by atoms with E-state index in [9.17, 15) is 9.59 Å². The molecule has 0 aromatic rings. The monoisotopic (exact) mass is 332 g/mol. The Balaban J connectivity index is 1.88. The molecule has 1 fully saturated rings. The molecule has 4 heteroatoms. The van der Waals surface area contributed by atoms with Gasteiger partial charge in [0.2, 0.25) is 0 Å². The number of allylic oxidation sites excluding steroid dienone is 2. The van der Waals surface area contributed by atoms with Gasteiger partial charge < -0.3 is 9.47 Å². The molecule has 0 aromatic carbocycles. The van der Waals surface area contributed by atoms with Crippen molar-refractivity contribution in [3.63, 3.8) is 0 Å². The lowest BCUT2D eigenvalue weighted by molar-refractivity contribution is -0.158. The van der Waals surface area contributed by atoms with Crippen LogP contribution in [0.2, 0.25) is 0 Å². The fourth-order valence-corrected chi connectivity index (χ4v) is 4.59. The van der Waals surface area contributed by atoms with E-state index in [-0.39, 0.29) is 35.3 Å². The number of fused-ring (bicyclic) bond motifs is 1. The van der Waals surface area contributed by atoms with Gasteiger partial charge in [0.15, 0.2) is 0 Å². The summed E-state index contributed by atoms with van der Waals surface area (Å²) in [5, 5.41) is 0. The van der Waals surface area contributed by atoms with Crippen molar-refractivity contribution in [3.8, 4) is 0 Å². The van der Waals surface area contributed by atoms with Crippen molar-refractivity contribution in [1.82, 2.24) is 0 Å². The van der Waals surface area contributed by atoms with E-state index < -0.39 is 0 Å². The van der Waals surface area contributed by atoms with Gasteiger partial charge in [0.25, 0.3) is 0 Å². The Labute approximate surface area is 144 Å². The predicted molar refractivity (Wildman–Crippen MR) is 90.8 cm³/mol. The second kappa shape index (κ2) is 6.05. The van der Waals surface area contributed by atoms with Gasteiger partial charge in [0.05, 0.1) is 5.92 Å². The van der Waals surface area contributed by atoms with E-state index in [2.05, 4.69) is 13.8 Å². The van der Waals surface area contributed by atoms with Crippen LogP contribution in [-0.2, 0) is 19.1 Å². The second-order valence-electron chi connectivity index (χ2n) is 7.98. The van der Waals surface area contributed by atoms with Crippen molar-refractivity contribution in [3.05, 3.63) is 23.0 Å². The lowest BCUT2D eigenvalue weighted by Crippen LogP contribution is -2.49. The Bertz CT molecular complexity index is 630. The third-order valence-electron chi connectivity index (χ3n) is 6.75. The van der Waals surface area contributed by atoms with E-state index >= 15 is 0 Å². The van der Waals surface area contributed by atoms with Crippen LogP contribution in [0, 0.1) is 23.2 Å². The molecule has 1 heterocycles. The van der Waals surface area contributed by atoms with Gasteiger partial charge in [-0.15, -0.1) is 0 Å². The molecule has 3 rings (SSSR count). The van der Waals surface area contributed by atoms with Crippen LogP contribution in [0.4, 0.5) is 0 Å². The zero-order chi connectivity index (χ0) is 17.6. The predicted octanol–water partition coefficient (Wildman–Crippen LogP) is 4.16. The van der Waals surface area contributed by atoms with Crippen LogP contribution in [0.25, 0.3) is 0 Å². The Morgan fingerprint density at radius 3 is 2.71 bits per heavy atom. The molecule has 1 saturated carbocycles. The first-order valence-corrected chi connectivity index (χ1v) is 9.05. The number of carbonyl (C=O) groups is 2. The summed E-state index contributed by atoms with van der Waals surface area (Å²) in [6.45, 7) is 10.2. The first-order valence-electron chi connectivity index (χ1n) is 9.05. The molecule has 5 atom stereocenters. The van der Waals surface area contributed by atoms with Gasteiger partial charge in [-0.1, -0.05) is 19.9 Å². The summed E-state index contributed by atoms with van der Waals surface area (Å²) in [6, 6.07) is 0. The van der Waals surface area contributed by atoms with E-state index in [0.717, 1.165) is 25.0 Å². The number of hydrogen-bond donors (Lipinski definition) is 0. The van der Waals surface area contributed by atoms with Crippen LogP contribution in [-0.4, -0.2) is 18.0 Å². The molecule has 4 nitrogen and oxygen atoms in total. The fourth-order valence-electron chi connectivity index (χ4n) is 4.59. The molecule has 0 bridgehead atoms. The first kappa shape index (κ1) is 17.2. The van der Waals surface area contributed by atoms with Crippen LogP contribution in [0.5, 0.6) is 0 Å². The molecule has 0 spiro atoms. The summed E-state index contributed by atoms with van der Waals surface area (Å²) in [5.74, 6) is 1.11. The van der Waals surface area contributed by atoms with Gasteiger partial charge >= 0.3 is 11.9 Å². The summed E-state index contributed by atoms with van der Waals surface area (Å²) < 4.78 is 11.4. The quantitative estimate of drug-likeness (QED) is 0.563. The molecule has 0 unspecified atom stereocenters. The minimum Gasteiger partial charge on any atom is -0.459 e. The molecule has 132 valence electrons. The maximum atomic E-state index is 12.2. The third-order valence-corrected chi connectivity index (χ3v) is 6.75. The number of esters is 2. The molecule has 1 aliphatic heterocycles. The maximum Gasteiger partial charge on any atom is 0.333 e. The van der Waals surface area contributed by atoms with E-state index in [0.29, 0.717) is 17.9 Å². The molecule has 0 N–H and O–H groups in total. The minimum atomic E-state index is -0.226. The van der Waals surface area contributed by atoms with E-state index in [1.165, 1.54) is 5.57 Å². The highest BCUT2D eigenvalue weighted by molar-refractivity contribution is 5.87. The molecular formula is C20H28O4. The highest BCUT2D eigenvalue weighted by Gasteiger charge is 2.54. The fraction of sp³-hybridized carbons (Fsp3) is 0.700. The highest BCUT2D eigenvalue weighted by Crippen LogP contribution is 2.57. The van der Waals surface area contributed by atoms with Gasteiger partial charge in [-0.2, -0.15) is 0 Å². The van der Waals surface area contributed by atoms with Gasteiger partial charge in [-0.25, -0.2) is 4.79 Å². The van der Waals surface area contributed by atoms with Gasteiger partial charge in [0.1, 0.15) is 11.9 Å². The molecule has 0 saturated heterocycles. The van der Waals surface area contributed by atoms with Gasteiger partial charge in [0, 0.05) is 17.9 Å².